The smallest absolute Gasteiger partial charge is 0.319 e. The van der Waals surface area contributed by atoms with Crippen molar-refractivity contribution in [1.29, 1.82) is 0 Å². The number of hydrogen-bond donors (Lipinski definition) is 2. The van der Waals surface area contributed by atoms with Gasteiger partial charge >= 0.3 is 12.0 Å². The molecule has 26 heavy (non-hydrogen) atoms. The Bertz CT molecular complexity index is 757. The van der Waals surface area contributed by atoms with Gasteiger partial charge in [-0.3, -0.25) is 9.59 Å². The quantitative estimate of drug-likeness (QED) is 0.590. The van der Waals surface area contributed by atoms with Crippen LogP contribution in [0.15, 0.2) is 54.6 Å². The van der Waals surface area contributed by atoms with Crippen LogP contribution in [0.2, 0.25) is 0 Å². The number of para-hydroxylation sites is 1. The molecule has 6 heteroatoms. The number of carbonyl (C=O) groups is 3. The molecule has 0 aliphatic carbocycles. The fourth-order valence-electron chi connectivity index (χ4n) is 2.24. The van der Waals surface area contributed by atoms with Crippen molar-refractivity contribution in [3.05, 3.63) is 65.7 Å². The molecule has 2 rings (SSSR count). The molecule has 0 aromatic heterocycles. The van der Waals surface area contributed by atoms with Crippen LogP contribution in [0.5, 0.6) is 0 Å². The fraction of sp³-hybridized carbons (Fsp3) is 0.250. The van der Waals surface area contributed by atoms with E-state index in [4.69, 9.17) is 4.74 Å². The standard InChI is InChI=1S/C20H22N2O4/c1-14-8-10-16(11-9-14)19(24)15(2)26-18(23)12-13-21-20(25)22-17-6-4-3-5-7-17/h3-11,15H,12-13H2,1-2H3,(H2,21,22,25)/t15-/m1/s1. The van der Waals surface area contributed by atoms with E-state index in [1.54, 1.807) is 36.4 Å². The Labute approximate surface area is 152 Å². The van der Waals surface area contributed by atoms with Crippen LogP contribution in [-0.4, -0.2) is 30.4 Å². The lowest BCUT2D eigenvalue weighted by Gasteiger charge is -2.13. The monoisotopic (exact) mass is 354 g/mol. The molecule has 0 aliphatic heterocycles. The van der Waals surface area contributed by atoms with Crippen LogP contribution in [0.25, 0.3) is 0 Å². The first kappa shape index (κ1) is 19.2. The minimum absolute atomic E-state index is 0.0201. The van der Waals surface area contributed by atoms with Gasteiger partial charge in [0.1, 0.15) is 0 Å². The van der Waals surface area contributed by atoms with E-state index in [2.05, 4.69) is 10.6 Å². The number of benzene rings is 2. The Balaban J connectivity index is 1.71. The van der Waals surface area contributed by atoms with Gasteiger partial charge in [-0.05, 0) is 26.0 Å². The van der Waals surface area contributed by atoms with E-state index in [0.29, 0.717) is 11.3 Å². The highest BCUT2D eigenvalue weighted by Crippen LogP contribution is 2.09. The highest BCUT2D eigenvalue weighted by atomic mass is 16.5. The predicted molar refractivity (Wildman–Crippen MR) is 99.1 cm³/mol. The van der Waals surface area contributed by atoms with Crippen molar-refractivity contribution in [3.63, 3.8) is 0 Å². The van der Waals surface area contributed by atoms with Crippen LogP contribution < -0.4 is 10.6 Å². The van der Waals surface area contributed by atoms with Crippen LogP contribution in [0.3, 0.4) is 0 Å². The van der Waals surface area contributed by atoms with Crippen molar-refractivity contribution in [1.82, 2.24) is 5.32 Å². The van der Waals surface area contributed by atoms with Gasteiger partial charge in [0.2, 0.25) is 5.78 Å². The average Bonchev–Trinajstić information content (AvgIpc) is 2.62. The van der Waals surface area contributed by atoms with E-state index < -0.39 is 18.1 Å². The molecule has 2 aromatic rings. The number of rotatable bonds is 7. The van der Waals surface area contributed by atoms with Gasteiger partial charge in [-0.25, -0.2) is 4.79 Å². The maximum Gasteiger partial charge on any atom is 0.319 e. The second kappa shape index (κ2) is 9.36. The molecule has 0 spiro atoms. The van der Waals surface area contributed by atoms with Crippen molar-refractivity contribution >= 4 is 23.5 Å². The number of esters is 1. The molecular formula is C20H22N2O4. The van der Waals surface area contributed by atoms with Crippen LogP contribution in [0.1, 0.15) is 29.3 Å². The van der Waals surface area contributed by atoms with Crippen molar-refractivity contribution < 1.29 is 19.1 Å². The Hall–Kier alpha value is -3.15. The Morgan fingerprint density at radius 3 is 2.31 bits per heavy atom. The SMILES string of the molecule is Cc1ccc(C(=O)[C@@H](C)OC(=O)CCNC(=O)Nc2ccccc2)cc1. The predicted octanol–water partition coefficient (Wildman–Crippen LogP) is 3.32. The number of amides is 2. The van der Waals surface area contributed by atoms with Gasteiger partial charge in [-0.15, -0.1) is 0 Å². The van der Waals surface area contributed by atoms with E-state index in [9.17, 15) is 14.4 Å². The molecule has 0 saturated carbocycles. The zero-order valence-corrected chi connectivity index (χ0v) is 14.8. The van der Waals surface area contributed by atoms with Gasteiger partial charge < -0.3 is 15.4 Å². The first-order chi connectivity index (χ1) is 12.5. The zero-order valence-electron chi connectivity index (χ0n) is 14.8. The number of ether oxygens (including phenoxy) is 1. The van der Waals surface area contributed by atoms with Crippen LogP contribution in [0, 0.1) is 6.92 Å². The van der Waals surface area contributed by atoms with Gasteiger partial charge in [0.15, 0.2) is 6.10 Å². The summed E-state index contributed by atoms with van der Waals surface area (Å²) in [6.45, 7) is 3.58. The van der Waals surface area contributed by atoms with Crippen molar-refractivity contribution in [3.8, 4) is 0 Å². The van der Waals surface area contributed by atoms with E-state index in [1.165, 1.54) is 6.92 Å². The maximum atomic E-state index is 12.2. The summed E-state index contributed by atoms with van der Waals surface area (Å²) in [5, 5.41) is 5.21. The summed E-state index contributed by atoms with van der Waals surface area (Å²) in [5.41, 5.74) is 2.20. The van der Waals surface area contributed by atoms with Crippen LogP contribution >= 0.6 is 0 Å². The molecule has 0 heterocycles. The molecule has 2 N–H and O–H groups in total. The lowest BCUT2D eigenvalue weighted by molar-refractivity contribution is -0.146. The summed E-state index contributed by atoms with van der Waals surface area (Å²) in [6.07, 6.45) is -0.892. The highest BCUT2D eigenvalue weighted by Gasteiger charge is 2.19. The number of hydrogen-bond acceptors (Lipinski definition) is 4. The molecule has 6 nitrogen and oxygen atoms in total. The third-order valence-electron chi connectivity index (χ3n) is 3.66. The lowest BCUT2D eigenvalue weighted by atomic mass is 10.1. The zero-order chi connectivity index (χ0) is 18.9. The number of carbonyl (C=O) groups excluding carboxylic acids is 3. The molecule has 0 saturated heterocycles. The first-order valence-corrected chi connectivity index (χ1v) is 8.36. The third-order valence-corrected chi connectivity index (χ3v) is 3.66. The summed E-state index contributed by atoms with van der Waals surface area (Å²) in [5.74, 6) is -0.800. The summed E-state index contributed by atoms with van der Waals surface area (Å²) >= 11 is 0. The fourth-order valence-corrected chi connectivity index (χ4v) is 2.24. The second-order valence-electron chi connectivity index (χ2n) is 5.86. The van der Waals surface area contributed by atoms with E-state index >= 15 is 0 Å². The molecule has 136 valence electrons. The summed E-state index contributed by atoms with van der Waals surface area (Å²) in [4.78, 5) is 35.8. The molecule has 2 aromatic carbocycles. The summed E-state index contributed by atoms with van der Waals surface area (Å²) < 4.78 is 5.14. The number of anilines is 1. The van der Waals surface area contributed by atoms with Gasteiger partial charge in [0, 0.05) is 17.8 Å². The normalized spacial score (nSPS) is 11.3. The number of aryl methyl sites for hydroxylation is 1. The van der Waals surface area contributed by atoms with Crippen molar-refractivity contribution in [2.45, 2.75) is 26.4 Å². The number of ketones is 1. The number of Topliss-reactive ketones (excluding diaryl/α,β-unsaturated/α-hetero) is 1. The Kier molecular flexibility index (Phi) is 6.91. The number of urea groups is 1. The highest BCUT2D eigenvalue weighted by molar-refractivity contribution is 6.00. The van der Waals surface area contributed by atoms with Crippen LogP contribution in [-0.2, 0) is 9.53 Å². The molecule has 2 amide bonds. The second-order valence-corrected chi connectivity index (χ2v) is 5.86. The van der Waals surface area contributed by atoms with Gasteiger partial charge in [-0.2, -0.15) is 0 Å². The van der Waals surface area contributed by atoms with Crippen molar-refractivity contribution in [2.24, 2.45) is 0 Å². The van der Waals surface area contributed by atoms with E-state index in [1.807, 2.05) is 25.1 Å². The van der Waals surface area contributed by atoms with Crippen LogP contribution in [0.4, 0.5) is 10.5 Å². The van der Waals surface area contributed by atoms with Crippen molar-refractivity contribution in [2.75, 3.05) is 11.9 Å². The molecule has 1 atom stereocenters. The molecule has 0 aliphatic rings. The maximum absolute atomic E-state index is 12.2. The molecule has 0 radical (unpaired) electrons. The largest absolute Gasteiger partial charge is 0.454 e. The van der Waals surface area contributed by atoms with Gasteiger partial charge in [0.25, 0.3) is 0 Å². The van der Waals surface area contributed by atoms with E-state index in [-0.39, 0.29) is 18.7 Å². The minimum Gasteiger partial charge on any atom is -0.454 e. The molecular weight excluding hydrogens is 332 g/mol. The minimum atomic E-state index is -0.872. The lowest BCUT2D eigenvalue weighted by Crippen LogP contribution is -2.32. The molecule has 0 unspecified atom stereocenters. The Morgan fingerprint density at radius 2 is 1.65 bits per heavy atom. The summed E-state index contributed by atoms with van der Waals surface area (Å²) in [6, 6.07) is 15.6. The van der Waals surface area contributed by atoms with Gasteiger partial charge in [-0.1, -0.05) is 48.0 Å². The summed E-state index contributed by atoms with van der Waals surface area (Å²) in [7, 11) is 0. The molecule has 0 bridgehead atoms. The molecule has 0 fully saturated rings. The third kappa shape index (κ3) is 6.05. The number of nitrogens with one attached hydrogen (secondary N) is 2. The Morgan fingerprint density at radius 1 is 1.00 bits per heavy atom. The van der Waals surface area contributed by atoms with E-state index in [0.717, 1.165) is 5.56 Å². The van der Waals surface area contributed by atoms with Gasteiger partial charge in [0.05, 0.1) is 6.42 Å². The topological polar surface area (TPSA) is 84.5 Å². The average molecular weight is 354 g/mol. The first-order valence-electron chi connectivity index (χ1n) is 8.36.